The van der Waals surface area contributed by atoms with Crippen molar-refractivity contribution in [2.75, 3.05) is 0 Å². The molecule has 1 radical (unpaired) electrons. The number of nitro benzene ring substituents is 1. The first-order valence-electron chi connectivity index (χ1n) is 6.26. The molecular weight excluding hydrogens is 440 g/mol. The van der Waals surface area contributed by atoms with Crippen LogP contribution in [0.1, 0.15) is 11.3 Å². The van der Waals surface area contributed by atoms with Crippen LogP contribution in [0.5, 0.6) is 5.75 Å². The van der Waals surface area contributed by atoms with Crippen LogP contribution in [-0.2, 0) is 45.9 Å². The maximum absolute atomic E-state index is 12.9. The van der Waals surface area contributed by atoms with Crippen molar-refractivity contribution in [1.29, 1.82) is 0 Å². The SMILES string of the molecule is Cc1c[c-]c(-n2c(=O)cc(C(F)(F)F)n(C)c2=S)c(O)c1[N+](=O)[O-].[Y]. The Morgan fingerprint density at radius 2 is 1.96 bits per heavy atom. The van der Waals surface area contributed by atoms with Crippen molar-refractivity contribution in [3.8, 4) is 11.4 Å². The first kappa shape index (κ1) is 21.5. The van der Waals surface area contributed by atoms with Crippen LogP contribution in [0.3, 0.4) is 0 Å². The number of nitro groups is 1. The third kappa shape index (κ3) is 3.83. The molecule has 0 fully saturated rings. The van der Waals surface area contributed by atoms with Gasteiger partial charge in [0.25, 0.3) is 5.56 Å². The fourth-order valence-corrected chi connectivity index (χ4v) is 2.40. The number of hydrogen-bond acceptors (Lipinski definition) is 5. The molecule has 0 aliphatic rings. The van der Waals surface area contributed by atoms with E-state index in [1.165, 1.54) is 6.92 Å². The Bertz CT molecular complexity index is 969. The van der Waals surface area contributed by atoms with Crippen molar-refractivity contribution in [3.05, 3.63) is 54.7 Å². The fourth-order valence-electron chi connectivity index (χ4n) is 2.12. The molecule has 25 heavy (non-hydrogen) atoms. The minimum atomic E-state index is -4.81. The molecule has 0 aliphatic heterocycles. The van der Waals surface area contributed by atoms with Gasteiger partial charge >= 0.3 is 6.18 Å². The van der Waals surface area contributed by atoms with Crippen LogP contribution in [0.2, 0.25) is 0 Å². The molecule has 0 atom stereocenters. The molecule has 12 heteroatoms. The molecular formula is C13H9F3N3O4SY-. The van der Waals surface area contributed by atoms with Crippen molar-refractivity contribution in [2.45, 2.75) is 13.1 Å². The number of nitrogens with zero attached hydrogens (tertiary/aromatic N) is 3. The van der Waals surface area contributed by atoms with Gasteiger partial charge in [0.1, 0.15) is 11.4 Å². The van der Waals surface area contributed by atoms with Crippen LogP contribution >= 0.6 is 12.2 Å². The molecule has 2 aromatic rings. The minimum absolute atomic E-state index is 0. The summed E-state index contributed by atoms with van der Waals surface area (Å²) in [6.07, 6.45) is -4.81. The van der Waals surface area contributed by atoms with E-state index in [4.69, 9.17) is 12.2 Å². The van der Waals surface area contributed by atoms with Crippen molar-refractivity contribution in [1.82, 2.24) is 9.13 Å². The van der Waals surface area contributed by atoms with E-state index in [-0.39, 0.29) is 44.3 Å². The van der Waals surface area contributed by atoms with Gasteiger partial charge in [-0.05, 0) is 17.9 Å². The average Bonchev–Trinajstić information content (AvgIpc) is 2.43. The Labute approximate surface area is 168 Å². The summed E-state index contributed by atoms with van der Waals surface area (Å²) in [4.78, 5) is 22.2. The predicted molar refractivity (Wildman–Crippen MR) is 78.7 cm³/mol. The van der Waals surface area contributed by atoms with Gasteiger partial charge in [0.15, 0.2) is 4.77 Å². The zero-order valence-corrected chi connectivity index (χ0v) is 16.4. The molecule has 1 aromatic carbocycles. The summed E-state index contributed by atoms with van der Waals surface area (Å²) in [6, 6.07) is 3.85. The molecule has 0 amide bonds. The van der Waals surface area contributed by atoms with Gasteiger partial charge in [-0.25, -0.2) is 0 Å². The Morgan fingerprint density at radius 3 is 2.44 bits per heavy atom. The maximum atomic E-state index is 12.9. The number of halogens is 3. The number of aryl methyl sites for hydroxylation is 1. The van der Waals surface area contributed by atoms with Crippen LogP contribution < -0.4 is 5.56 Å². The van der Waals surface area contributed by atoms with E-state index in [1.54, 1.807) is 0 Å². The van der Waals surface area contributed by atoms with Crippen LogP contribution in [0.4, 0.5) is 18.9 Å². The van der Waals surface area contributed by atoms with Gasteiger partial charge in [-0.1, -0.05) is 12.5 Å². The Balaban J connectivity index is 0.00000312. The molecule has 2 rings (SSSR count). The summed E-state index contributed by atoms with van der Waals surface area (Å²) in [7, 11) is 0.987. The number of aromatic nitrogens is 2. The molecule has 0 aliphatic carbocycles. The van der Waals surface area contributed by atoms with Gasteiger partial charge < -0.3 is 9.67 Å². The van der Waals surface area contributed by atoms with Crippen molar-refractivity contribution in [3.63, 3.8) is 0 Å². The average molecular weight is 449 g/mol. The fraction of sp³-hybridized carbons (Fsp3) is 0.231. The van der Waals surface area contributed by atoms with Crippen LogP contribution in [0, 0.1) is 27.9 Å². The van der Waals surface area contributed by atoms with Crippen LogP contribution in [0.15, 0.2) is 16.9 Å². The predicted octanol–water partition coefficient (Wildman–Crippen LogP) is 2.64. The molecule has 0 unspecified atom stereocenters. The molecule has 0 saturated heterocycles. The Kier molecular flexibility index (Phi) is 6.30. The van der Waals surface area contributed by atoms with E-state index in [0.29, 0.717) is 9.13 Å². The molecule has 0 bridgehead atoms. The molecule has 131 valence electrons. The van der Waals surface area contributed by atoms with E-state index in [1.807, 2.05) is 0 Å². The number of rotatable bonds is 2. The Hall–Kier alpha value is -1.59. The van der Waals surface area contributed by atoms with E-state index in [2.05, 4.69) is 6.07 Å². The number of alkyl halides is 3. The van der Waals surface area contributed by atoms with E-state index in [0.717, 1.165) is 13.1 Å². The molecule has 0 saturated carbocycles. The summed E-state index contributed by atoms with van der Waals surface area (Å²) >= 11 is 4.85. The minimum Gasteiger partial charge on any atom is -0.558 e. The Morgan fingerprint density at radius 1 is 1.40 bits per heavy atom. The van der Waals surface area contributed by atoms with E-state index in [9.17, 15) is 33.2 Å². The van der Waals surface area contributed by atoms with Gasteiger partial charge in [0, 0.05) is 50.7 Å². The summed E-state index contributed by atoms with van der Waals surface area (Å²) in [5, 5.41) is 21.1. The largest absolute Gasteiger partial charge is 0.558 e. The van der Waals surface area contributed by atoms with E-state index >= 15 is 0 Å². The quantitative estimate of drug-likeness (QED) is 0.330. The van der Waals surface area contributed by atoms with E-state index < -0.39 is 44.2 Å². The first-order valence-corrected chi connectivity index (χ1v) is 6.67. The number of aromatic hydroxyl groups is 1. The maximum Gasteiger partial charge on any atom is 0.431 e. The molecule has 0 spiro atoms. The molecule has 7 nitrogen and oxygen atoms in total. The zero-order chi connectivity index (χ0) is 18.4. The monoisotopic (exact) mass is 449 g/mol. The van der Waals surface area contributed by atoms with Crippen molar-refractivity contribution >= 4 is 17.9 Å². The summed E-state index contributed by atoms with van der Waals surface area (Å²) in [5.41, 5.74) is -3.60. The van der Waals surface area contributed by atoms with Crippen molar-refractivity contribution in [2.24, 2.45) is 7.05 Å². The normalized spacial score (nSPS) is 11.1. The van der Waals surface area contributed by atoms with Crippen molar-refractivity contribution < 1.29 is 55.9 Å². The summed E-state index contributed by atoms with van der Waals surface area (Å²) in [5.74, 6) is -0.909. The third-order valence-electron chi connectivity index (χ3n) is 3.26. The summed E-state index contributed by atoms with van der Waals surface area (Å²) in [6.45, 7) is 1.34. The number of phenolic OH excluding ortho intramolecular Hbond substituents is 1. The second-order valence-electron chi connectivity index (χ2n) is 4.82. The molecule has 1 aromatic heterocycles. The van der Waals surface area contributed by atoms with Gasteiger partial charge in [-0.2, -0.15) is 25.3 Å². The second kappa shape index (κ2) is 7.34. The van der Waals surface area contributed by atoms with Gasteiger partial charge in [0.2, 0.25) is 5.69 Å². The first-order chi connectivity index (χ1) is 11.0. The van der Waals surface area contributed by atoms with Crippen LogP contribution in [0.25, 0.3) is 5.69 Å². The van der Waals surface area contributed by atoms with Gasteiger partial charge in [-0.15, -0.1) is 0 Å². The smallest absolute Gasteiger partial charge is 0.431 e. The molecule has 1 N–H and O–H groups in total. The number of hydrogen-bond donors (Lipinski definition) is 1. The third-order valence-corrected chi connectivity index (χ3v) is 3.72. The number of phenols is 1. The van der Waals surface area contributed by atoms with Crippen LogP contribution in [-0.4, -0.2) is 19.2 Å². The van der Waals surface area contributed by atoms with Gasteiger partial charge in [0.05, 0.1) is 0 Å². The zero-order valence-electron chi connectivity index (χ0n) is 12.8. The van der Waals surface area contributed by atoms with Gasteiger partial charge in [-0.3, -0.25) is 19.5 Å². The number of benzene rings is 1. The standard InChI is InChI=1S/C13H9F3N3O4S.Y/c1-6-3-4-7(11(21)10(6)19(22)23)18-9(20)5-8(13(14,15)16)17(2)12(18)24;/h3,5,21H,1-2H3;/q-1;. The second-order valence-corrected chi connectivity index (χ2v) is 5.18. The molecule has 1 heterocycles. The topological polar surface area (TPSA) is 90.3 Å². The summed E-state index contributed by atoms with van der Waals surface area (Å²) < 4.78 is 39.1.